The van der Waals surface area contributed by atoms with E-state index in [1.165, 1.54) is 5.56 Å². The fraction of sp³-hybridized carbons (Fsp3) is 0.462. The number of halogens is 1. The minimum absolute atomic E-state index is 0.285. The molecular weight excluding hydrogens is 310 g/mol. The Balaban J connectivity index is 1.67. The van der Waals surface area contributed by atoms with Crippen molar-refractivity contribution in [3.8, 4) is 0 Å². The second kappa shape index (κ2) is 5.48. The molecular formula is C13H15BrN3O2. The van der Waals surface area contributed by atoms with E-state index in [1.54, 1.807) is 0 Å². The summed E-state index contributed by atoms with van der Waals surface area (Å²) in [5.41, 5.74) is 2.72. The van der Waals surface area contributed by atoms with E-state index in [2.05, 4.69) is 31.5 Å². The Morgan fingerprint density at radius 1 is 1.37 bits per heavy atom. The maximum Gasteiger partial charge on any atom is 0.346 e. The molecule has 1 aromatic rings. The van der Waals surface area contributed by atoms with E-state index in [0.717, 1.165) is 49.4 Å². The molecule has 2 heterocycles. The Hall–Kier alpha value is -1.11. The number of nitrogens with one attached hydrogen (secondary N) is 1. The second-order valence-corrected chi connectivity index (χ2v) is 5.56. The van der Waals surface area contributed by atoms with Gasteiger partial charge in [-0.15, -0.1) is 0 Å². The average Bonchev–Trinajstić information content (AvgIpc) is 2.76. The molecule has 1 saturated heterocycles. The molecule has 0 unspecified atom stereocenters. The monoisotopic (exact) mass is 324 g/mol. The first-order valence-corrected chi connectivity index (χ1v) is 7.17. The molecule has 0 aliphatic carbocycles. The number of ether oxygens (including phenoxy) is 1. The molecule has 19 heavy (non-hydrogen) atoms. The lowest BCUT2D eigenvalue weighted by Crippen LogP contribution is -2.37. The van der Waals surface area contributed by atoms with Gasteiger partial charge in [0, 0.05) is 24.1 Å². The van der Waals surface area contributed by atoms with Gasteiger partial charge in [0.15, 0.2) is 0 Å². The standard InChI is InChI=1S/C13H15BrN3O2/c14-10-8-12-11(15-13(18)16-12)7-9(10)1-2-17-3-5-19-6-4-17/h7-8H,1-6H2,(H,15,18). The summed E-state index contributed by atoms with van der Waals surface area (Å²) < 4.78 is 6.35. The number of fused-ring (bicyclic) bond motifs is 1. The molecule has 2 amide bonds. The van der Waals surface area contributed by atoms with Crippen molar-refractivity contribution in [2.75, 3.05) is 38.2 Å². The third kappa shape index (κ3) is 2.91. The summed E-state index contributed by atoms with van der Waals surface area (Å²) in [6.45, 7) is 4.63. The van der Waals surface area contributed by atoms with E-state index < -0.39 is 0 Å². The van der Waals surface area contributed by atoms with Crippen LogP contribution in [0.4, 0.5) is 16.2 Å². The van der Waals surface area contributed by atoms with Crippen LogP contribution in [-0.2, 0) is 11.2 Å². The molecule has 5 nitrogen and oxygen atoms in total. The van der Waals surface area contributed by atoms with Crippen molar-refractivity contribution in [3.63, 3.8) is 0 Å². The highest BCUT2D eigenvalue weighted by atomic mass is 79.9. The molecule has 1 N–H and O–H groups in total. The van der Waals surface area contributed by atoms with Crippen LogP contribution in [0.3, 0.4) is 0 Å². The average molecular weight is 325 g/mol. The molecule has 0 atom stereocenters. The lowest BCUT2D eigenvalue weighted by molar-refractivity contribution is 0.0384. The molecule has 1 radical (unpaired) electrons. The van der Waals surface area contributed by atoms with Gasteiger partial charge in [0.25, 0.3) is 0 Å². The number of urea groups is 1. The van der Waals surface area contributed by atoms with Crippen LogP contribution in [0, 0.1) is 0 Å². The van der Waals surface area contributed by atoms with Crippen LogP contribution in [0.2, 0.25) is 0 Å². The van der Waals surface area contributed by atoms with E-state index in [1.807, 2.05) is 12.1 Å². The predicted molar refractivity (Wildman–Crippen MR) is 75.9 cm³/mol. The van der Waals surface area contributed by atoms with E-state index >= 15 is 0 Å². The largest absolute Gasteiger partial charge is 0.379 e. The minimum atomic E-state index is -0.285. The Kier molecular flexibility index (Phi) is 3.72. The van der Waals surface area contributed by atoms with Crippen molar-refractivity contribution in [1.82, 2.24) is 10.2 Å². The van der Waals surface area contributed by atoms with E-state index in [4.69, 9.17) is 4.74 Å². The number of carbonyl (C=O) groups excluding carboxylic acids is 1. The van der Waals surface area contributed by atoms with Gasteiger partial charge in [0.05, 0.1) is 24.6 Å². The number of hydrogen-bond acceptors (Lipinski definition) is 3. The number of hydrogen-bond donors (Lipinski definition) is 1. The molecule has 2 aliphatic rings. The van der Waals surface area contributed by atoms with E-state index in [9.17, 15) is 4.79 Å². The summed E-state index contributed by atoms with van der Waals surface area (Å²) in [7, 11) is 0. The molecule has 0 saturated carbocycles. The van der Waals surface area contributed by atoms with E-state index in [-0.39, 0.29) is 6.03 Å². The Morgan fingerprint density at radius 2 is 2.16 bits per heavy atom. The zero-order valence-electron chi connectivity index (χ0n) is 10.5. The molecule has 0 spiro atoms. The van der Waals surface area contributed by atoms with Gasteiger partial charge < -0.3 is 10.1 Å². The van der Waals surface area contributed by atoms with Crippen LogP contribution >= 0.6 is 15.9 Å². The molecule has 0 aromatic heterocycles. The number of benzene rings is 1. The van der Waals surface area contributed by atoms with Crippen molar-refractivity contribution in [3.05, 3.63) is 22.2 Å². The normalized spacial score (nSPS) is 18.9. The quantitative estimate of drug-likeness (QED) is 0.926. The van der Waals surface area contributed by atoms with Crippen LogP contribution in [0.15, 0.2) is 16.6 Å². The van der Waals surface area contributed by atoms with Gasteiger partial charge >= 0.3 is 6.03 Å². The smallest absolute Gasteiger partial charge is 0.346 e. The van der Waals surface area contributed by atoms with Gasteiger partial charge in [-0.05, 0) is 24.1 Å². The summed E-state index contributed by atoms with van der Waals surface area (Å²) in [6, 6.07) is 3.63. The Morgan fingerprint density at radius 3 is 2.95 bits per heavy atom. The molecule has 3 rings (SSSR count). The first kappa shape index (κ1) is 12.9. The van der Waals surface area contributed by atoms with Gasteiger partial charge in [-0.3, -0.25) is 4.90 Å². The highest BCUT2D eigenvalue weighted by molar-refractivity contribution is 9.10. The lowest BCUT2D eigenvalue weighted by Gasteiger charge is -2.26. The van der Waals surface area contributed by atoms with Crippen LogP contribution in [-0.4, -0.2) is 43.8 Å². The highest BCUT2D eigenvalue weighted by Gasteiger charge is 2.21. The summed E-state index contributed by atoms with van der Waals surface area (Å²) in [5.74, 6) is 0. The molecule has 1 aromatic carbocycles. The van der Waals surface area contributed by atoms with Crippen LogP contribution in [0.1, 0.15) is 5.56 Å². The summed E-state index contributed by atoms with van der Waals surface area (Å²) >= 11 is 3.55. The number of anilines is 1. The number of morpholine rings is 1. The lowest BCUT2D eigenvalue weighted by atomic mass is 10.1. The number of rotatable bonds is 3. The number of carbonyl (C=O) groups is 1. The first-order chi connectivity index (χ1) is 9.22. The fourth-order valence-corrected chi connectivity index (χ4v) is 2.88. The summed E-state index contributed by atoms with van der Waals surface area (Å²) in [5, 5.41) is 6.64. The van der Waals surface area contributed by atoms with Crippen molar-refractivity contribution in [2.24, 2.45) is 0 Å². The topological polar surface area (TPSA) is 55.7 Å². The highest BCUT2D eigenvalue weighted by Crippen LogP contribution is 2.33. The van der Waals surface area contributed by atoms with Gasteiger partial charge in [-0.25, -0.2) is 4.79 Å². The maximum absolute atomic E-state index is 11.2. The zero-order valence-corrected chi connectivity index (χ0v) is 12.1. The van der Waals surface area contributed by atoms with Gasteiger partial charge in [0.1, 0.15) is 0 Å². The molecule has 2 aliphatic heterocycles. The predicted octanol–water partition coefficient (Wildman–Crippen LogP) is 2.11. The first-order valence-electron chi connectivity index (χ1n) is 6.37. The second-order valence-electron chi connectivity index (χ2n) is 4.71. The maximum atomic E-state index is 11.2. The number of nitrogens with zero attached hydrogens (tertiary/aromatic N) is 2. The van der Waals surface area contributed by atoms with Gasteiger partial charge in [-0.1, -0.05) is 15.9 Å². The van der Waals surface area contributed by atoms with Gasteiger partial charge in [0.2, 0.25) is 0 Å². The fourth-order valence-electron chi connectivity index (χ4n) is 2.35. The van der Waals surface area contributed by atoms with Crippen molar-refractivity contribution in [1.29, 1.82) is 0 Å². The zero-order chi connectivity index (χ0) is 13.2. The van der Waals surface area contributed by atoms with Crippen molar-refractivity contribution in [2.45, 2.75) is 6.42 Å². The summed E-state index contributed by atoms with van der Waals surface area (Å²) in [6.07, 6.45) is 0.948. The van der Waals surface area contributed by atoms with Crippen molar-refractivity contribution >= 4 is 33.3 Å². The van der Waals surface area contributed by atoms with Crippen LogP contribution < -0.4 is 10.6 Å². The molecule has 101 valence electrons. The molecule has 0 bridgehead atoms. The molecule has 1 fully saturated rings. The van der Waals surface area contributed by atoms with E-state index in [0.29, 0.717) is 5.69 Å². The van der Waals surface area contributed by atoms with Crippen molar-refractivity contribution < 1.29 is 9.53 Å². The third-order valence-electron chi connectivity index (χ3n) is 3.43. The van der Waals surface area contributed by atoms with Crippen LogP contribution in [0.5, 0.6) is 0 Å². The van der Waals surface area contributed by atoms with Crippen LogP contribution in [0.25, 0.3) is 0 Å². The minimum Gasteiger partial charge on any atom is -0.379 e. The summed E-state index contributed by atoms with van der Waals surface area (Å²) in [4.78, 5) is 13.6. The SMILES string of the molecule is O=C1[N]c2cc(Br)c(CCN3CCOCC3)cc2N1. The Bertz CT molecular complexity index is 501. The third-order valence-corrected chi connectivity index (χ3v) is 4.17. The number of amides is 2. The Labute approximate surface area is 120 Å². The molecule has 6 heteroatoms. The van der Waals surface area contributed by atoms with Gasteiger partial charge in [-0.2, -0.15) is 5.32 Å².